The zero-order chi connectivity index (χ0) is 35.1. The van der Waals surface area contributed by atoms with Gasteiger partial charge in [-0.1, -0.05) is 65.5 Å². The number of aliphatic carboxylic acids is 1. The largest absolute Gasteiger partial charge is 0.481 e. The van der Waals surface area contributed by atoms with Gasteiger partial charge in [-0.25, -0.2) is 4.98 Å². The van der Waals surface area contributed by atoms with Crippen LogP contribution in [0.3, 0.4) is 0 Å². The molecule has 3 unspecified atom stereocenters. The van der Waals surface area contributed by atoms with Gasteiger partial charge in [0.1, 0.15) is 10.7 Å². The second kappa shape index (κ2) is 19.4. The molecule has 0 aliphatic carbocycles. The average Bonchev–Trinajstić information content (AvgIpc) is 3.50. The lowest BCUT2D eigenvalue weighted by Gasteiger charge is -2.36. The van der Waals surface area contributed by atoms with Gasteiger partial charge in [0.05, 0.1) is 5.41 Å². The maximum absolute atomic E-state index is 13.5. The first-order valence-corrected chi connectivity index (χ1v) is 17.9. The highest BCUT2D eigenvalue weighted by molar-refractivity contribution is 7.09. The van der Waals surface area contributed by atoms with E-state index in [1.165, 1.54) is 18.3 Å². The Labute approximate surface area is 284 Å². The number of ether oxygens (including phenoxy) is 1. The second-order valence-electron chi connectivity index (χ2n) is 13.5. The highest BCUT2D eigenvalue weighted by atomic mass is 32.1. The molecule has 1 aromatic carbocycles. The van der Waals surface area contributed by atoms with Gasteiger partial charge in [-0.3, -0.25) is 19.2 Å². The van der Waals surface area contributed by atoms with Crippen molar-refractivity contribution in [1.82, 2.24) is 15.2 Å². The minimum Gasteiger partial charge on any atom is -0.481 e. The summed E-state index contributed by atoms with van der Waals surface area (Å²) in [6.07, 6.45) is 6.61. The van der Waals surface area contributed by atoms with Gasteiger partial charge in [0.2, 0.25) is 5.91 Å². The Hall–Kier alpha value is -3.47. The Morgan fingerprint density at radius 3 is 2.28 bits per heavy atom. The van der Waals surface area contributed by atoms with E-state index >= 15 is 0 Å². The van der Waals surface area contributed by atoms with Crippen LogP contribution in [0.2, 0.25) is 0 Å². The fourth-order valence-electron chi connectivity index (χ4n) is 5.65. The molecule has 2 aromatic rings. The number of carboxylic acid groups (broad SMARTS) is 1. The summed E-state index contributed by atoms with van der Waals surface area (Å²) >= 11 is 1.23. The predicted molar refractivity (Wildman–Crippen MR) is 187 cm³/mol. The molecular weight excluding hydrogens is 616 g/mol. The normalized spacial score (nSPS) is 13.5. The number of carboxylic acids is 1. The average molecular weight is 673 g/mol. The van der Waals surface area contributed by atoms with Crippen LogP contribution < -0.4 is 11.1 Å². The Morgan fingerprint density at radius 2 is 1.70 bits per heavy atom. The highest BCUT2D eigenvalue weighted by Gasteiger charge is 2.34. The fourth-order valence-corrected chi connectivity index (χ4v) is 6.49. The van der Waals surface area contributed by atoms with E-state index in [4.69, 9.17) is 10.5 Å². The van der Waals surface area contributed by atoms with Gasteiger partial charge in [-0.2, -0.15) is 0 Å². The van der Waals surface area contributed by atoms with Gasteiger partial charge in [0.15, 0.2) is 6.10 Å². The summed E-state index contributed by atoms with van der Waals surface area (Å²) in [5, 5.41) is 14.9. The Kier molecular flexibility index (Phi) is 16.4. The van der Waals surface area contributed by atoms with E-state index in [0.717, 1.165) is 44.1 Å². The Morgan fingerprint density at radius 1 is 1.04 bits per heavy atom. The van der Waals surface area contributed by atoms with Crippen LogP contribution in [0.4, 0.5) is 5.69 Å². The summed E-state index contributed by atoms with van der Waals surface area (Å²) in [5.41, 5.74) is 6.44. The van der Waals surface area contributed by atoms with E-state index in [1.807, 2.05) is 17.0 Å². The minimum atomic E-state index is -1.08. The van der Waals surface area contributed by atoms with Crippen molar-refractivity contribution in [3.05, 3.63) is 45.9 Å². The quantitative estimate of drug-likeness (QED) is 0.0716. The molecule has 47 heavy (non-hydrogen) atoms. The van der Waals surface area contributed by atoms with Crippen molar-refractivity contribution in [1.29, 1.82) is 0 Å². The number of hydrogen-bond acceptors (Lipinski definition) is 8. The summed E-state index contributed by atoms with van der Waals surface area (Å²) in [5.74, 6) is -1.66. The van der Waals surface area contributed by atoms with E-state index in [-0.39, 0.29) is 30.0 Å². The molecule has 0 aliphatic heterocycles. The first kappa shape index (κ1) is 39.7. The smallest absolute Gasteiger partial charge is 0.309 e. The maximum Gasteiger partial charge on any atom is 0.309 e. The van der Waals surface area contributed by atoms with E-state index < -0.39 is 35.4 Å². The number of carbonyl (C=O) groups is 4. The summed E-state index contributed by atoms with van der Waals surface area (Å²) < 4.78 is 5.79. The molecule has 262 valence electrons. The standard InChI is InChI=1S/C36H56N4O6S/c1-8-10-12-13-19-40(32(42)14-11-9-2)30(24(3)4)21-31(46-25(5)41)34-39-29(23-47-34)33(43)38-28(22-36(6,7)35(44)45)20-26-15-17-27(37)18-16-26/h15-18,23-24,28,30-31H,8-14,19-22,37H2,1-7H3,(H,38,43)(H,44,45). The van der Waals surface area contributed by atoms with Crippen molar-refractivity contribution in [3.8, 4) is 0 Å². The number of rotatable bonds is 21. The molecule has 0 bridgehead atoms. The number of nitrogens with two attached hydrogens (primary N) is 1. The van der Waals surface area contributed by atoms with E-state index in [9.17, 15) is 24.3 Å². The number of carbonyl (C=O) groups excluding carboxylic acids is 3. The number of unbranched alkanes of at least 4 members (excludes halogenated alkanes) is 4. The molecule has 0 radical (unpaired) electrons. The molecule has 4 N–H and O–H groups in total. The number of thiazole rings is 1. The zero-order valence-corrected chi connectivity index (χ0v) is 30.2. The van der Waals surface area contributed by atoms with E-state index in [0.29, 0.717) is 36.5 Å². The first-order chi connectivity index (χ1) is 22.2. The van der Waals surface area contributed by atoms with Crippen molar-refractivity contribution >= 4 is 40.8 Å². The number of nitrogens with one attached hydrogen (secondary N) is 1. The van der Waals surface area contributed by atoms with Gasteiger partial charge in [-0.15, -0.1) is 11.3 Å². The fraction of sp³-hybridized carbons (Fsp3) is 0.639. The first-order valence-electron chi connectivity index (χ1n) is 17.0. The van der Waals surface area contributed by atoms with E-state index in [1.54, 1.807) is 31.4 Å². The third kappa shape index (κ3) is 13.3. The van der Waals surface area contributed by atoms with Gasteiger partial charge >= 0.3 is 11.9 Å². The molecule has 0 fully saturated rings. The monoisotopic (exact) mass is 672 g/mol. The number of nitrogen functional groups attached to an aromatic ring is 1. The topological polar surface area (TPSA) is 152 Å². The van der Waals surface area contributed by atoms with Crippen LogP contribution in [-0.4, -0.2) is 57.4 Å². The summed E-state index contributed by atoms with van der Waals surface area (Å²) in [6.45, 7) is 13.6. The van der Waals surface area contributed by atoms with Crippen molar-refractivity contribution in [2.75, 3.05) is 12.3 Å². The van der Waals surface area contributed by atoms with Crippen molar-refractivity contribution in [2.24, 2.45) is 11.3 Å². The number of aromatic nitrogens is 1. The molecule has 0 aliphatic rings. The number of anilines is 1. The third-order valence-corrected chi connectivity index (χ3v) is 9.35. The van der Waals surface area contributed by atoms with Crippen LogP contribution in [0.5, 0.6) is 0 Å². The lowest BCUT2D eigenvalue weighted by atomic mass is 9.84. The van der Waals surface area contributed by atoms with Gasteiger partial charge in [0.25, 0.3) is 5.91 Å². The molecule has 10 nitrogen and oxygen atoms in total. The molecule has 0 saturated heterocycles. The number of nitrogens with zero attached hydrogens (tertiary/aromatic N) is 2. The molecule has 0 spiro atoms. The Bertz CT molecular complexity index is 1290. The van der Waals surface area contributed by atoms with Gasteiger partial charge in [-0.05, 0) is 63.1 Å². The SMILES string of the molecule is CCCCCCN(C(=O)CCCC)C(CC(OC(C)=O)c1nc(C(=O)NC(Cc2ccc(N)cc2)CC(C)(C)C(=O)O)cs1)C(C)C. The lowest BCUT2D eigenvalue weighted by molar-refractivity contribution is -0.149. The van der Waals surface area contributed by atoms with Gasteiger partial charge in [0, 0.05) is 49.5 Å². The number of esters is 1. The summed E-state index contributed by atoms with van der Waals surface area (Å²) in [4.78, 5) is 57.8. The second-order valence-corrected chi connectivity index (χ2v) is 14.4. The summed E-state index contributed by atoms with van der Waals surface area (Å²) in [7, 11) is 0. The summed E-state index contributed by atoms with van der Waals surface area (Å²) in [6, 6.07) is 6.58. The van der Waals surface area contributed by atoms with Crippen LogP contribution in [-0.2, 0) is 25.5 Å². The lowest BCUT2D eigenvalue weighted by Crippen LogP contribution is -2.45. The molecule has 2 amide bonds. The van der Waals surface area contributed by atoms with Crippen molar-refractivity contribution < 1.29 is 29.0 Å². The number of benzene rings is 1. The minimum absolute atomic E-state index is 0.0965. The molecule has 3 atom stereocenters. The molecule has 1 aromatic heterocycles. The highest BCUT2D eigenvalue weighted by Crippen LogP contribution is 2.32. The van der Waals surface area contributed by atoms with E-state index in [2.05, 4.69) is 38.0 Å². The molecule has 11 heteroatoms. The van der Waals surface area contributed by atoms with Crippen molar-refractivity contribution in [2.45, 2.75) is 131 Å². The number of hydrogen-bond donors (Lipinski definition) is 3. The maximum atomic E-state index is 13.5. The van der Waals surface area contributed by atoms with Crippen LogP contribution in [0.25, 0.3) is 0 Å². The van der Waals surface area contributed by atoms with Crippen LogP contribution in [0, 0.1) is 11.3 Å². The molecule has 2 rings (SSSR count). The molecule has 1 heterocycles. The predicted octanol–water partition coefficient (Wildman–Crippen LogP) is 7.19. The molecular formula is C36H56N4O6S. The van der Waals surface area contributed by atoms with Crippen LogP contribution in [0.15, 0.2) is 29.6 Å². The molecule has 0 saturated carbocycles. The van der Waals surface area contributed by atoms with Crippen LogP contribution >= 0.6 is 11.3 Å². The van der Waals surface area contributed by atoms with Gasteiger partial charge < -0.3 is 25.8 Å². The zero-order valence-electron chi connectivity index (χ0n) is 29.3. The third-order valence-electron chi connectivity index (χ3n) is 8.41. The number of amides is 2. The Balaban J connectivity index is 2.33. The van der Waals surface area contributed by atoms with Crippen molar-refractivity contribution in [3.63, 3.8) is 0 Å². The van der Waals surface area contributed by atoms with Crippen LogP contribution in [0.1, 0.15) is 133 Å².